The molecule has 0 saturated carbocycles. The van der Waals surface area contributed by atoms with Crippen molar-refractivity contribution in [2.24, 2.45) is 5.92 Å². The molecular formula is C14H16BrN3O. The van der Waals surface area contributed by atoms with Crippen LogP contribution in [0.25, 0.3) is 11.3 Å². The monoisotopic (exact) mass is 321 g/mol. The first-order chi connectivity index (χ1) is 9.08. The lowest BCUT2D eigenvalue weighted by Gasteiger charge is -2.08. The molecule has 0 aliphatic rings. The molecule has 1 amide bonds. The van der Waals surface area contributed by atoms with Crippen molar-refractivity contribution in [3.63, 3.8) is 0 Å². The normalized spacial score (nSPS) is 10.7. The summed E-state index contributed by atoms with van der Waals surface area (Å²) in [5.74, 6) is 0.322. The molecule has 0 saturated heterocycles. The van der Waals surface area contributed by atoms with Crippen LogP contribution in [0.15, 0.2) is 34.9 Å². The lowest BCUT2D eigenvalue weighted by Crippen LogP contribution is -2.27. The van der Waals surface area contributed by atoms with Gasteiger partial charge in [0.15, 0.2) is 0 Å². The highest BCUT2D eigenvalue weighted by Crippen LogP contribution is 2.24. The summed E-state index contributed by atoms with van der Waals surface area (Å²) in [6.07, 6.45) is 1.56. The number of halogens is 1. The first kappa shape index (κ1) is 13.8. The Hall–Kier alpha value is -1.62. The number of hydrogen-bond acceptors (Lipinski definition) is 2. The van der Waals surface area contributed by atoms with Crippen LogP contribution in [0.5, 0.6) is 0 Å². The van der Waals surface area contributed by atoms with Crippen molar-refractivity contribution in [1.82, 2.24) is 15.5 Å². The third-order valence-corrected chi connectivity index (χ3v) is 3.16. The molecule has 4 nitrogen and oxygen atoms in total. The van der Waals surface area contributed by atoms with Crippen LogP contribution < -0.4 is 5.32 Å². The number of carbonyl (C=O) groups excluding carboxylic acids is 1. The van der Waals surface area contributed by atoms with Crippen molar-refractivity contribution in [1.29, 1.82) is 0 Å². The number of carbonyl (C=O) groups is 1. The number of rotatable bonds is 4. The minimum Gasteiger partial charge on any atom is -0.352 e. The molecule has 0 unspecified atom stereocenters. The minimum absolute atomic E-state index is 0.0996. The maximum atomic E-state index is 12.1. The molecule has 0 bridgehead atoms. The van der Waals surface area contributed by atoms with Gasteiger partial charge in [0.25, 0.3) is 5.91 Å². The Morgan fingerprint density at radius 2 is 2.26 bits per heavy atom. The van der Waals surface area contributed by atoms with Crippen molar-refractivity contribution in [3.8, 4) is 11.3 Å². The van der Waals surface area contributed by atoms with Crippen molar-refractivity contribution in [2.75, 3.05) is 6.54 Å². The smallest absolute Gasteiger partial charge is 0.255 e. The maximum absolute atomic E-state index is 12.1. The second-order valence-corrected chi connectivity index (χ2v) is 5.69. The Morgan fingerprint density at radius 1 is 1.47 bits per heavy atom. The Balaban J connectivity index is 2.25. The van der Waals surface area contributed by atoms with E-state index in [0.29, 0.717) is 18.0 Å². The van der Waals surface area contributed by atoms with E-state index >= 15 is 0 Å². The van der Waals surface area contributed by atoms with Crippen LogP contribution in [0.3, 0.4) is 0 Å². The van der Waals surface area contributed by atoms with Gasteiger partial charge in [0, 0.05) is 16.6 Å². The number of nitrogens with one attached hydrogen (secondary N) is 2. The lowest BCUT2D eigenvalue weighted by molar-refractivity contribution is 0.0949. The Kier molecular flexibility index (Phi) is 4.37. The standard InChI is InChI=1S/C14H16BrN3O/c1-9(2)7-16-14(19)12-8-17-18-13(12)10-4-3-5-11(15)6-10/h3-6,8-9H,7H2,1-2H3,(H,16,19)(H,17,18). The van der Waals surface area contributed by atoms with Crippen LogP contribution in [0.4, 0.5) is 0 Å². The van der Waals surface area contributed by atoms with Crippen molar-refractivity contribution < 1.29 is 4.79 Å². The number of amides is 1. The first-order valence-electron chi connectivity index (χ1n) is 6.15. The number of benzene rings is 1. The van der Waals surface area contributed by atoms with E-state index in [0.717, 1.165) is 15.7 Å². The van der Waals surface area contributed by atoms with Crippen LogP contribution in [-0.4, -0.2) is 22.6 Å². The summed E-state index contributed by atoms with van der Waals surface area (Å²) in [5, 5.41) is 9.76. The number of nitrogens with zero attached hydrogens (tertiary/aromatic N) is 1. The summed E-state index contributed by atoms with van der Waals surface area (Å²) >= 11 is 3.42. The average Bonchev–Trinajstić information content (AvgIpc) is 2.85. The van der Waals surface area contributed by atoms with Gasteiger partial charge in [-0.3, -0.25) is 9.89 Å². The zero-order valence-corrected chi connectivity index (χ0v) is 12.5. The molecule has 1 heterocycles. The fourth-order valence-electron chi connectivity index (χ4n) is 1.71. The number of aromatic amines is 1. The van der Waals surface area contributed by atoms with E-state index in [1.165, 1.54) is 0 Å². The highest BCUT2D eigenvalue weighted by molar-refractivity contribution is 9.10. The van der Waals surface area contributed by atoms with Gasteiger partial charge in [-0.05, 0) is 18.1 Å². The molecule has 2 rings (SSSR count). The molecule has 5 heteroatoms. The van der Waals surface area contributed by atoms with Crippen LogP contribution in [0.1, 0.15) is 24.2 Å². The third kappa shape index (κ3) is 3.44. The molecule has 2 N–H and O–H groups in total. The highest BCUT2D eigenvalue weighted by atomic mass is 79.9. The Labute approximate surface area is 120 Å². The molecular weight excluding hydrogens is 306 g/mol. The van der Waals surface area contributed by atoms with Crippen LogP contribution in [0.2, 0.25) is 0 Å². The molecule has 0 spiro atoms. The zero-order chi connectivity index (χ0) is 13.8. The second kappa shape index (κ2) is 6.02. The fraction of sp³-hybridized carbons (Fsp3) is 0.286. The largest absolute Gasteiger partial charge is 0.352 e. The summed E-state index contributed by atoms with van der Waals surface area (Å²) in [6.45, 7) is 4.78. The Morgan fingerprint density at radius 3 is 2.95 bits per heavy atom. The van der Waals surface area contributed by atoms with E-state index in [1.54, 1.807) is 6.20 Å². The number of hydrogen-bond donors (Lipinski definition) is 2. The van der Waals surface area contributed by atoms with Gasteiger partial charge < -0.3 is 5.32 Å². The molecule has 19 heavy (non-hydrogen) atoms. The number of aromatic nitrogens is 2. The highest BCUT2D eigenvalue weighted by Gasteiger charge is 2.15. The van der Waals surface area contributed by atoms with Crippen LogP contribution >= 0.6 is 15.9 Å². The van der Waals surface area contributed by atoms with E-state index in [1.807, 2.05) is 24.3 Å². The van der Waals surface area contributed by atoms with Gasteiger partial charge in [-0.1, -0.05) is 41.9 Å². The first-order valence-corrected chi connectivity index (χ1v) is 6.94. The van der Waals surface area contributed by atoms with E-state index in [2.05, 4.69) is 45.3 Å². The molecule has 2 aromatic rings. The summed E-state index contributed by atoms with van der Waals surface area (Å²) in [7, 11) is 0. The van der Waals surface area contributed by atoms with Gasteiger partial charge in [-0.25, -0.2) is 0 Å². The predicted octanol–water partition coefficient (Wildman–Crippen LogP) is 3.23. The summed E-state index contributed by atoms with van der Waals surface area (Å²) in [5.41, 5.74) is 2.24. The SMILES string of the molecule is CC(C)CNC(=O)c1cn[nH]c1-c1cccc(Br)c1. The van der Waals surface area contributed by atoms with Crippen LogP contribution in [0, 0.1) is 5.92 Å². The summed E-state index contributed by atoms with van der Waals surface area (Å²) < 4.78 is 0.966. The van der Waals surface area contributed by atoms with E-state index in [9.17, 15) is 4.79 Å². The van der Waals surface area contributed by atoms with Crippen LogP contribution in [-0.2, 0) is 0 Å². The van der Waals surface area contributed by atoms with Gasteiger partial charge in [-0.15, -0.1) is 0 Å². The summed E-state index contributed by atoms with van der Waals surface area (Å²) in [6, 6.07) is 7.76. The molecule has 0 atom stereocenters. The molecule has 1 aromatic heterocycles. The second-order valence-electron chi connectivity index (χ2n) is 4.77. The van der Waals surface area contributed by atoms with Gasteiger partial charge in [0.2, 0.25) is 0 Å². The van der Waals surface area contributed by atoms with Gasteiger partial charge in [-0.2, -0.15) is 5.10 Å². The molecule has 0 aliphatic carbocycles. The number of H-pyrrole nitrogens is 1. The predicted molar refractivity (Wildman–Crippen MR) is 78.9 cm³/mol. The van der Waals surface area contributed by atoms with E-state index in [4.69, 9.17) is 0 Å². The van der Waals surface area contributed by atoms with Crippen molar-refractivity contribution >= 4 is 21.8 Å². The van der Waals surface area contributed by atoms with E-state index < -0.39 is 0 Å². The van der Waals surface area contributed by atoms with Crippen molar-refractivity contribution in [2.45, 2.75) is 13.8 Å². The van der Waals surface area contributed by atoms with Gasteiger partial charge in [0.1, 0.15) is 0 Å². The fourth-order valence-corrected chi connectivity index (χ4v) is 2.11. The zero-order valence-electron chi connectivity index (χ0n) is 10.9. The molecule has 1 aromatic carbocycles. The topological polar surface area (TPSA) is 57.8 Å². The van der Waals surface area contributed by atoms with E-state index in [-0.39, 0.29) is 5.91 Å². The molecule has 0 fully saturated rings. The van der Waals surface area contributed by atoms with Gasteiger partial charge >= 0.3 is 0 Å². The molecule has 0 radical (unpaired) electrons. The van der Waals surface area contributed by atoms with Gasteiger partial charge in [0.05, 0.1) is 17.5 Å². The average molecular weight is 322 g/mol. The third-order valence-electron chi connectivity index (χ3n) is 2.67. The minimum atomic E-state index is -0.0996. The summed E-state index contributed by atoms with van der Waals surface area (Å²) in [4.78, 5) is 12.1. The van der Waals surface area contributed by atoms with Crippen molar-refractivity contribution in [3.05, 3.63) is 40.5 Å². The lowest BCUT2D eigenvalue weighted by atomic mass is 10.1. The Bertz CT molecular complexity index is 578. The quantitative estimate of drug-likeness (QED) is 0.908. The molecule has 0 aliphatic heterocycles. The maximum Gasteiger partial charge on any atom is 0.255 e. The molecule has 100 valence electrons.